The Kier molecular flexibility index (Phi) is 3.93. The first-order valence-electron chi connectivity index (χ1n) is 7.44. The number of H-pyrrole nitrogens is 1. The van der Waals surface area contributed by atoms with Crippen LogP contribution in [0.15, 0.2) is 10.6 Å². The highest BCUT2D eigenvalue weighted by Gasteiger charge is 2.29. The maximum atomic E-state index is 11.2. The molecule has 2 aromatic rings. The summed E-state index contributed by atoms with van der Waals surface area (Å²) in [7, 11) is 0. The lowest BCUT2D eigenvalue weighted by atomic mass is 9.93. The van der Waals surface area contributed by atoms with E-state index in [0.717, 1.165) is 31.6 Å². The molecule has 0 aliphatic carbocycles. The second-order valence-corrected chi connectivity index (χ2v) is 5.76. The smallest absolute Gasteiger partial charge is 0.269 e. The van der Waals surface area contributed by atoms with Crippen LogP contribution in [0.1, 0.15) is 59.6 Å². The van der Waals surface area contributed by atoms with E-state index in [1.807, 2.05) is 6.92 Å². The van der Waals surface area contributed by atoms with Crippen molar-refractivity contribution < 1.29 is 9.32 Å². The van der Waals surface area contributed by atoms with Gasteiger partial charge >= 0.3 is 0 Å². The van der Waals surface area contributed by atoms with Crippen LogP contribution in [0.4, 0.5) is 0 Å². The van der Waals surface area contributed by atoms with Crippen molar-refractivity contribution in [1.82, 2.24) is 25.2 Å². The van der Waals surface area contributed by atoms with Gasteiger partial charge in [0.1, 0.15) is 5.69 Å². The molecule has 1 aliphatic heterocycles. The molecule has 2 aromatic heterocycles. The van der Waals surface area contributed by atoms with Gasteiger partial charge in [-0.3, -0.25) is 14.8 Å². The Morgan fingerprint density at radius 1 is 1.59 bits per heavy atom. The topological polar surface area (TPSA) is 114 Å². The Morgan fingerprint density at radius 3 is 3.05 bits per heavy atom. The minimum atomic E-state index is -0.509. The van der Waals surface area contributed by atoms with Gasteiger partial charge in [0.2, 0.25) is 5.89 Å². The molecule has 3 rings (SSSR count). The molecule has 1 amide bonds. The zero-order valence-corrected chi connectivity index (χ0v) is 12.7. The SMILES string of the molecule is Cc1noc([C@@H](C)N2CCC[C@@H](c3cc(C(N)=O)n[nH]3)C2)n1. The summed E-state index contributed by atoms with van der Waals surface area (Å²) in [6.07, 6.45) is 2.11. The molecule has 1 saturated heterocycles. The first kappa shape index (κ1) is 14.7. The molecule has 1 aliphatic rings. The van der Waals surface area contributed by atoms with Gasteiger partial charge in [0.25, 0.3) is 5.91 Å². The Morgan fingerprint density at radius 2 is 2.41 bits per heavy atom. The molecule has 8 heteroatoms. The van der Waals surface area contributed by atoms with E-state index in [1.54, 1.807) is 6.07 Å². The zero-order valence-electron chi connectivity index (χ0n) is 12.7. The Labute approximate surface area is 128 Å². The van der Waals surface area contributed by atoms with Crippen molar-refractivity contribution in [3.63, 3.8) is 0 Å². The van der Waals surface area contributed by atoms with E-state index in [1.165, 1.54) is 0 Å². The van der Waals surface area contributed by atoms with Gasteiger partial charge in [0.15, 0.2) is 5.82 Å². The summed E-state index contributed by atoms with van der Waals surface area (Å²) in [6, 6.07) is 1.82. The number of hydrogen-bond donors (Lipinski definition) is 2. The maximum Gasteiger partial charge on any atom is 0.269 e. The van der Waals surface area contributed by atoms with Gasteiger partial charge in [0.05, 0.1) is 6.04 Å². The van der Waals surface area contributed by atoms with E-state index in [9.17, 15) is 4.79 Å². The summed E-state index contributed by atoms with van der Waals surface area (Å²) in [4.78, 5) is 17.8. The van der Waals surface area contributed by atoms with Gasteiger partial charge in [-0.05, 0) is 39.3 Å². The number of rotatable bonds is 4. The van der Waals surface area contributed by atoms with E-state index in [-0.39, 0.29) is 11.7 Å². The molecule has 0 saturated carbocycles. The minimum absolute atomic E-state index is 0.0718. The van der Waals surface area contributed by atoms with E-state index < -0.39 is 5.91 Å². The molecular weight excluding hydrogens is 284 g/mol. The van der Waals surface area contributed by atoms with Crippen molar-refractivity contribution in [3.8, 4) is 0 Å². The highest BCUT2D eigenvalue weighted by Crippen LogP contribution is 2.30. The molecule has 0 aromatic carbocycles. The largest absolute Gasteiger partial charge is 0.364 e. The average Bonchev–Trinajstić information content (AvgIpc) is 3.15. The molecule has 3 heterocycles. The van der Waals surface area contributed by atoms with Crippen LogP contribution in [0.5, 0.6) is 0 Å². The van der Waals surface area contributed by atoms with Crippen molar-refractivity contribution in [2.75, 3.05) is 13.1 Å². The predicted molar refractivity (Wildman–Crippen MR) is 78.1 cm³/mol. The Bertz CT molecular complexity index is 664. The molecule has 22 heavy (non-hydrogen) atoms. The summed E-state index contributed by atoms with van der Waals surface area (Å²) in [5.41, 5.74) is 6.49. The van der Waals surface area contributed by atoms with Crippen molar-refractivity contribution in [3.05, 3.63) is 29.2 Å². The number of aryl methyl sites for hydroxylation is 1. The molecule has 3 N–H and O–H groups in total. The van der Waals surface area contributed by atoms with Crippen molar-refractivity contribution in [2.24, 2.45) is 5.73 Å². The fourth-order valence-electron chi connectivity index (χ4n) is 2.92. The number of likely N-dealkylation sites (tertiary alicyclic amines) is 1. The van der Waals surface area contributed by atoms with Crippen LogP contribution in [0.2, 0.25) is 0 Å². The summed E-state index contributed by atoms with van der Waals surface area (Å²) in [5, 5.41) is 10.7. The molecule has 8 nitrogen and oxygen atoms in total. The summed E-state index contributed by atoms with van der Waals surface area (Å²) in [5.74, 6) is 1.07. The van der Waals surface area contributed by atoms with Gasteiger partial charge < -0.3 is 10.3 Å². The van der Waals surface area contributed by atoms with Crippen molar-refractivity contribution >= 4 is 5.91 Å². The van der Waals surface area contributed by atoms with Gasteiger partial charge in [-0.2, -0.15) is 10.1 Å². The first-order chi connectivity index (χ1) is 10.5. The lowest BCUT2D eigenvalue weighted by Gasteiger charge is -2.34. The number of nitrogens with zero attached hydrogens (tertiary/aromatic N) is 4. The monoisotopic (exact) mass is 304 g/mol. The average molecular weight is 304 g/mol. The van der Waals surface area contributed by atoms with Crippen molar-refractivity contribution in [2.45, 2.75) is 38.6 Å². The van der Waals surface area contributed by atoms with E-state index in [2.05, 4.69) is 32.2 Å². The van der Waals surface area contributed by atoms with Gasteiger partial charge in [0, 0.05) is 18.2 Å². The van der Waals surface area contributed by atoms with E-state index in [0.29, 0.717) is 17.6 Å². The third-order valence-corrected chi connectivity index (χ3v) is 4.19. The molecule has 0 bridgehead atoms. The molecular formula is C14H20N6O2. The number of hydrogen-bond acceptors (Lipinski definition) is 6. The fraction of sp³-hybridized carbons (Fsp3) is 0.571. The Balaban J connectivity index is 1.72. The number of aromatic amines is 1. The second kappa shape index (κ2) is 5.88. The normalized spacial score (nSPS) is 20.9. The van der Waals surface area contributed by atoms with Gasteiger partial charge in [-0.25, -0.2) is 0 Å². The van der Waals surface area contributed by atoms with Crippen LogP contribution < -0.4 is 5.73 Å². The number of piperidine rings is 1. The summed E-state index contributed by atoms with van der Waals surface area (Å²) >= 11 is 0. The molecule has 118 valence electrons. The second-order valence-electron chi connectivity index (χ2n) is 5.76. The van der Waals surface area contributed by atoms with Crippen LogP contribution in [-0.2, 0) is 0 Å². The standard InChI is InChI=1S/C14H20N6O2/c1-8(14-16-9(2)19-22-14)20-5-3-4-10(7-20)11-6-12(13(15)21)18-17-11/h6,8,10H,3-5,7H2,1-2H3,(H2,15,21)(H,17,18)/t8-,10-/m1/s1. The van der Waals surface area contributed by atoms with E-state index in [4.69, 9.17) is 10.3 Å². The number of nitrogens with one attached hydrogen (secondary N) is 1. The quantitative estimate of drug-likeness (QED) is 0.875. The first-order valence-corrected chi connectivity index (χ1v) is 7.44. The van der Waals surface area contributed by atoms with Crippen LogP contribution >= 0.6 is 0 Å². The van der Waals surface area contributed by atoms with E-state index >= 15 is 0 Å². The van der Waals surface area contributed by atoms with Crippen LogP contribution in [0.25, 0.3) is 0 Å². The lowest BCUT2D eigenvalue weighted by Crippen LogP contribution is -2.36. The third kappa shape index (κ3) is 2.87. The van der Waals surface area contributed by atoms with Crippen LogP contribution in [0.3, 0.4) is 0 Å². The van der Waals surface area contributed by atoms with Crippen LogP contribution in [-0.4, -0.2) is 44.2 Å². The number of carbonyl (C=O) groups is 1. The summed E-state index contributed by atoms with van der Waals surface area (Å²) < 4.78 is 5.27. The minimum Gasteiger partial charge on any atom is -0.364 e. The molecule has 0 unspecified atom stereocenters. The number of aromatic nitrogens is 4. The number of primary amides is 1. The third-order valence-electron chi connectivity index (χ3n) is 4.19. The van der Waals surface area contributed by atoms with Crippen LogP contribution in [0, 0.1) is 6.92 Å². The predicted octanol–water partition coefficient (Wildman–Crippen LogP) is 1.14. The number of carbonyl (C=O) groups excluding carboxylic acids is 1. The maximum absolute atomic E-state index is 11.2. The summed E-state index contributed by atoms with van der Waals surface area (Å²) in [6.45, 7) is 5.71. The molecule has 1 fully saturated rings. The number of amides is 1. The molecule has 0 radical (unpaired) electrons. The Hall–Kier alpha value is -2.22. The molecule has 2 atom stereocenters. The van der Waals surface area contributed by atoms with Gasteiger partial charge in [-0.15, -0.1) is 0 Å². The number of nitrogens with two attached hydrogens (primary N) is 1. The van der Waals surface area contributed by atoms with Crippen molar-refractivity contribution in [1.29, 1.82) is 0 Å². The van der Waals surface area contributed by atoms with Gasteiger partial charge in [-0.1, -0.05) is 5.16 Å². The lowest BCUT2D eigenvalue weighted by molar-refractivity contribution is 0.0995. The highest BCUT2D eigenvalue weighted by molar-refractivity contribution is 5.90. The fourth-order valence-corrected chi connectivity index (χ4v) is 2.92. The zero-order chi connectivity index (χ0) is 15.7. The highest BCUT2D eigenvalue weighted by atomic mass is 16.5. The molecule has 0 spiro atoms.